The van der Waals surface area contributed by atoms with Gasteiger partial charge < -0.3 is 19.6 Å². The number of nitrogens with zero attached hydrogens (tertiary/aromatic N) is 4. The number of carboxylic acid groups (broad SMARTS) is 1. The number of fused-ring (bicyclic) bond motifs is 1. The number of sulfonamides is 1. The lowest BCUT2D eigenvalue weighted by molar-refractivity contribution is -0.192. The van der Waals surface area contributed by atoms with Crippen molar-refractivity contribution in [1.82, 2.24) is 19.1 Å². The standard InChI is InChI=1S/C22H28N4O4S.C2HF3O2/c1-17-6-8-18(9-7-17)15-26-16-22(10-13-25(14-11-22)21(27)24(2)3)30-20-19(31(26,28)29)5-4-12-23-20;3-2(4,5)1(6)7/h4-9,12H,10-11,13-16H2,1-3H3;(H,6,7). The molecule has 4 rings (SSSR count). The number of pyridine rings is 1. The largest absolute Gasteiger partial charge is 0.490 e. The molecule has 3 heterocycles. The maximum atomic E-state index is 13.5. The van der Waals surface area contributed by atoms with Crippen molar-refractivity contribution >= 4 is 22.0 Å². The smallest absolute Gasteiger partial charge is 0.475 e. The van der Waals surface area contributed by atoms with Crippen LogP contribution in [0.15, 0.2) is 47.5 Å². The number of carboxylic acids is 1. The van der Waals surface area contributed by atoms with Crippen molar-refractivity contribution in [2.24, 2.45) is 0 Å². The van der Waals surface area contributed by atoms with Gasteiger partial charge in [-0.1, -0.05) is 29.8 Å². The quantitative estimate of drug-likeness (QED) is 0.601. The monoisotopic (exact) mass is 558 g/mol. The number of aromatic nitrogens is 1. The number of likely N-dealkylation sites (tertiary alicyclic amines) is 1. The highest BCUT2D eigenvalue weighted by Gasteiger charge is 2.46. The summed E-state index contributed by atoms with van der Waals surface area (Å²) in [5.41, 5.74) is 1.30. The molecule has 0 bridgehead atoms. The van der Waals surface area contributed by atoms with Gasteiger partial charge in [-0.15, -0.1) is 0 Å². The number of halogens is 3. The van der Waals surface area contributed by atoms with E-state index in [0.29, 0.717) is 25.9 Å². The van der Waals surface area contributed by atoms with Gasteiger partial charge in [0.25, 0.3) is 0 Å². The summed E-state index contributed by atoms with van der Waals surface area (Å²) < 4.78 is 66.6. The van der Waals surface area contributed by atoms with Crippen LogP contribution in [-0.4, -0.2) is 90.1 Å². The Bertz CT molecular complexity index is 1260. The fourth-order valence-corrected chi connectivity index (χ4v) is 5.69. The number of ether oxygens (including phenoxy) is 1. The number of hydrogen-bond acceptors (Lipinski definition) is 6. The first-order chi connectivity index (χ1) is 17.6. The molecule has 208 valence electrons. The summed E-state index contributed by atoms with van der Waals surface area (Å²) in [6.45, 7) is 3.46. The average molecular weight is 559 g/mol. The predicted molar refractivity (Wildman–Crippen MR) is 130 cm³/mol. The van der Waals surface area contributed by atoms with E-state index in [-0.39, 0.29) is 29.9 Å². The van der Waals surface area contributed by atoms with E-state index in [1.807, 2.05) is 31.2 Å². The molecule has 0 radical (unpaired) electrons. The zero-order valence-corrected chi connectivity index (χ0v) is 21.9. The second kappa shape index (κ2) is 11.2. The molecule has 38 heavy (non-hydrogen) atoms. The number of carbonyl (C=O) groups excluding carboxylic acids is 1. The average Bonchev–Trinajstić information content (AvgIpc) is 2.93. The van der Waals surface area contributed by atoms with Crippen molar-refractivity contribution in [3.63, 3.8) is 0 Å². The summed E-state index contributed by atoms with van der Waals surface area (Å²) in [5.74, 6) is -2.62. The molecule has 10 nitrogen and oxygen atoms in total. The molecule has 1 aromatic carbocycles. The van der Waals surface area contributed by atoms with Crippen LogP contribution in [0.5, 0.6) is 5.88 Å². The third-order valence-electron chi connectivity index (χ3n) is 6.18. The molecule has 14 heteroatoms. The fraction of sp³-hybridized carbons (Fsp3) is 0.458. The predicted octanol–water partition coefficient (Wildman–Crippen LogP) is 3.12. The first-order valence-electron chi connectivity index (χ1n) is 11.6. The molecule has 2 aromatic rings. The second-order valence-corrected chi connectivity index (χ2v) is 11.2. The summed E-state index contributed by atoms with van der Waals surface area (Å²) in [4.78, 5) is 28.9. The summed E-state index contributed by atoms with van der Waals surface area (Å²) in [5, 5.41) is 7.12. The van der Waals surface area contributed by atoms with Crippen LogP contribution in [0.2, 0.25) is 0 Å². The van der Waals surface area contributed by atoms with Gasteiger partial charge in [0.1, 0.15) is 10.5 Å². The topological polar surface area (TPSA) is 120 Å². The highest BCUT2D eigenvalue weighted by atomic mass is 32.2. The Labute approximate surface area is 218 Å². The van der Waals surface area contributed by atoms with Crippen LogP contribution in [0.1, 0.15) is 24.0 Å². The molecule has 0 atom stereocenters. The van der Waals surface area contributed by atoms with Crippen LogP contribution in [0.3, 0.4) is 0 Å². The number of alkyl halides is 3. The van der Waals surface area contributed by atoms with E-state index in [4.69, 9.17) is 14.6 Å². The molecule has 0 unspecified atom stereocenters. The van der Waals surface area contributed by atoms with Gasteiger partial charge in [-0.2, -0.15) is 17.5 Å². The molecule has 1 spiro atoms. The minimum atomic E-state index is -5.08. The molecule has 0 saturated carbocycles. The minimum Gasteiger partial charge on any atom is -0.475 e. The Balaban J connectivity index is 0.000000505. The number of rotatable bonds is 2. The van der Waals surface area contributed by atoms with Crippen LogP contribution in [-0.2, 0) is 21.4 Å². The molecule has 1 N–H and O–H groups in total. The second-order valence-electron chi connectivity index (χ2n) is 9.32. The van der Waals surface area contributed by atoms with E-state index in [1.165, 1.54) is 4.31 Å². The van der Waals surface area contributed by atoms with E-state index < -0.39 is 27.8 Å². The fourth-order valence-electron chi connectivity index (χ4n) is 4.12. The van der Waals surface area contributed by atoms with Gasteiger partial charge in [0.05, 0.1) is 6.54 Å². The van der Waals surface area contributed by atoms with Gasteiger partial charge in [-0.25, -0.2) is 23.0 Å². The number of amides is 2. The number of hydrogen-bond donors (Lipinski definition) is 1. The molecule has 1 fully saturated rings. The number of aryl methyl sites for hydroxylation is 1. The number of urea groups is 1. The summed E-state index contributed by atoms with van der Waals surface area (Å²) in [6, 6.07) is 11.0. The lowest BCUT2D eigenvalue weighted by Crippen LogP contribution is -2.56. The van der Waals surface area contributed by atoms with Crippen molar-refractivity contribution in [2.75, 3.05) is 33.7 Å². The Morgan fingerprint density at radius 3 is 2.24 bits per heavy atom. The number of benzene rings is 1. The highest BCUT2D eigenvalue weighted by molar-refractivity contribution is 7.89. The minimum absolute atomic E-state index is 0.0499. The first kappa shape index (κ1) is 29.2. The Kier molecular flexibility index (Phi) is 8.56. The zero-order valence-electron chi connectivity index (χ0n) is 21.1. The van der Waals surface area contributed by atoms with Crippen LogP contribution < -0.4 is 4.74 Å². The van der Waals surface area contributed by atoms with E-state index >= 15 is 0 Å². The Morgan fingerprint density at radius 2 is 1.71 bits per heavy atom. The molecule has 1 aromatic heterocycles. The molecular formula is C24H29F3N4O6S. The number of aliphatic carboxylic acids is 1. The van der Waals surface area contributed by atoms with E-state index in [2.05, 4.69) is 4.98 Å². The van der Waals surface area contributed by atoms with Crippen molar-refractivity contribution in [2.45, 2.75) is 43.0 Å². The molecular weight excluding hydrogens is 529 g/mol. The van der Waals surface area contributed by atoms with Crippen molar-refractivity contribution in [1.29, 1.82) is 0 Å². The maximum absolute atomic E-state index is 13.5. The maximum Gasteiger partial charge on any atom is 0.490 e. The van der Waals surface area contributed by atoms with Gasteiger partial charge in [-0.05, 0) is 24.6 Å². The molecule has 0 aliphatic carbocycles. The Hall–Kier alpha value is -3.39. The Morgan fingerprint density at radius 1 is 1.13 bits per heavy atom. The van der Waals surface area contributed by atoms with Gasteiger partial charge in [0.2, 0.25) is 15.9 Å². The van der Waals surface area contributed by atoms with Gasteiger partial charge in [0.15, 0.2) is 0 Å². The zero-order chi connectivity index (χ0) is 28.3. The van der Waals surface area contributed by atoms with E-state index in [0.717, 1.165) is 11.1 Å². The normalized spacial score (nSPS) is 18.3. The highest BCUT2D eigenvalue weighted by Crippen LogP contribution is 2.38. The lowest BCUT2D eigenvalue weighted by Gasteiger charge is -2.42. The molecule has 1 saturated heterocycles. The summed E-state index contributed by atoms with van der Waals surface area (Å²) in [6.07, 6.45) is -2.48. The van der Waals surface area contributed by atoms with Crippen molar-refractivity contribution < 1.29 is 41.0 Å². The summed E-state index contributed by atoms with van der Waals surface area (Å²) >= 11 is 0. The third-order valence-corrected chi connectivity index (χ3v) is 7.99. The number of carbonyl (C=O) groups is 2. The van der Waals surface area contributed by atoms with Crippen LogP contribution in [0.4, 0.5) is 18.0 Å². The van der Waals surface area contributed by atoms with Crippen molar-refractivity contribution in [3.8, 4) is 5.88 Å². The number of piperidine rings is 1. The summed E-state index contributed by atoms with van der Waals surface area (Å²) in [7, 11) is -0.335. The first-order valence-corrected chi connectivity index (χ1v) is 13.0. The van der Waals surface area contributed by atoms with E-state index in [1.54, 1.807) is 42.2 Å². The van der Waals surface area contributed by atoms with E-state index in [9.17, 15) is 26.4 Å². The third kappa shape index (κ3) is 6.72. The van der Waals surface area contributed by atoms with Gasteiger partial charge in [-0.3, -0.25) is 0 Å². The van der Waals surface area contributed by atoms with Gasteiger partial charge in [0, 0.05) is 52.8 Å². The lowest BCUT2D eigenvalue weighted by atomic mass is 9.90. The van der Waals surface area contributed by atoms with Crippen LogP contribution in [0, 0.1) is 6.92 Å². The molecule has 2 aliphatic rings. The van der Waals surface area contributed by atoms with Crippen LogP contribution in [0.25, 0.3) is 0 Å². The SMILES string of the molecule is Cc1ccc(CN2CC3(CCN(C(=O)N(C)C)CC3)Oc3ncccc3S2(=O)=O)cc1.O=C(O)C(F)(F)F. The van der Waals surface area contributed by atoms with Crippen LogP contribution >= 0.6 is 0 Å². The molecule has 2 amide bonds. The van der Waals surface area contributed by atoms with Crippen molar-refractivity contribution in [3.05, 3.63) is 53.7 Å². The molecule has 2 aliphatic heterocycles. The van der Waals surface area contributed by atoms with Gasteiger partial charge >= 0.3 is 18.2 Å².